The Bertz CT molecular complexity index is 901. The largest absolute Gasteiger partial charge is 0.326 e. The van der Waals surface area contributed by atoms with Gasteiger partial charge in [-0.15, -0.1) is 0 Å². The van der Waals surface area contributed by atoms with Gasteiger partial charge in [0.25, 0.3) is 11.8 Å². The molecule has 2 aromatic carbocycles. The summed E-state index contributed by atoms with van der Waals surface area (Å²) in [5, 5.41) is 2.39. The maximum atomic E-state index is 13.1. The Hall–Kier alpha value is -2.61. The van der Waals surface area contributed by atoms with Gasteiger partial charge in [0, 0.05) is 29.2 Å². The van der Waals surface area contributed by atoms with Crippen LogP contribution in [-0.4, -0.2) is 29.2 Å². The third-order valence-electron chi connectivity index (χ3n) is 3.70. The molecule has 0 aromatic heterocycles. The van der Waals surface area contributed by atoms with Crippen molar-refractivity contribution in [2.45, 2.75) is 6.42 Å². The number of carbonyl (C=O) groups is 3. The van der Waals surface area contributed by atoms with Crippen molar-refractivity contribution < 1.29 is 23.2 Å². The number of halogens is 3. The van der Waals surface area contributed by atoms with Gasteiger partial charge in [-0.05, 0) is 30.3 Å². The van der Waals surface area contributed by atoms with Gasteiger partial charge in [-0.25, -0.2) is 8.78 Å². The monoisotopic (exact) mass is 408 g/mol. The van der Waals surface area contributed by atoms with Gasteiger partial charge < -0.3 is 5.32 Å². The van der Waals surface area contributed by atoms with E-state index in [1.807, 2.05) is 0 Å². The zero-order chi connectivity index (χ0) is 18.1. The van der Waals surface area contributed by atoms with Gasteiger partial charge in [-0.2, -0.15) is 0 Å². The first-order valence-electron chi connectivity index (χ1n) is 7.27. The van der Waals surface area contributed by atoms with E-state index in [9.17, 15) is 23.2 Å². The topological polar surface area (TPSA) is 66.5 Å². The normalized spacial score (nSPS) is 13.2. The molecular formula is C17H11BrF2N2O3. The highest BCUT2D eigenvalue weighted by molar-refractivity contribution is 9.10. The number of rotatable bonds is 4. The van der Waals surface area contributed by atoms with Gasteiger partial charge in [-0.3, -0.25) is 19.3 Å². The summed E-state index contributed by atoms with van der Waals surface area (Å²) in [6.45, 7) is -0.112. The zero-order valence-electron chi connectivity index (χ0n) is 12.7. The Morgan fingerprint density at radius 1 is 1.00 bits per heavy atom. The van der Waals surface area contributed by atoms with E-state index in [1.54, 1.807) is 18.2 Å². The van der Waals surface area contributed by atoms with Gasteiger partial charge in [0.1, 0.15) is 0 Å². The van der Waals surface area contributed by atoms with Gasteiger partial charge in [0.2, 0.25) is 5.91 Å². The van der Waals surface area contributed by atoms with E-state index in [4.69, 9.17) is 0 Å². The molecule has 0 aliphatic carbocycles. The van der Waals surface area contributed by atoms with Crippen LogP contribution in [0.4, 0.5) is 14.5 Å². The van der Waals surface area contributed by atoms with Gasteiger partial charge in [0.15, 0.2) is 11.6 Å². The summed E-state index contributed by atoms with van der Waals surface area (Å²) in [5.41, 5.74) is 0.657. The molecule has 1 aliphatic heterocycles. The predicted octanol–water partition coefficient (Wildman–Crippen LogP) is 3.35. The average molecular weight is 409 g/mol. The second kappa shape index (κ2) is 6.72. The molecule has 1 aliphatic rings. The van der Waals surface area contributed by atoms with Crippen molar-refractivity contribution in [1.29, 1.82) is 0 Å². The average Bonchev–Trinajstić information content (AvgIpc) is 2.80. The summed E-state index contributed by atoms with van der Waals surface area (Å²) < 4.78 is 26.7. The second-order valence-corrected chi connectivity index (χ2v) is 6.29. The highest BCUT2D eigenvalue weighted by Gasteiger charge is 2.35. The SMILES string of the molecule is O=C(CCN1C(=O)c2ccc(Br)cc2C1=O)Nc1ccc(F)c(F)c1. The Balaban J connectivity index is 1.64. The summed E-state index contributed by atoms with van der Waals surface area (Å²) >= 11 is 3.24. The number of imide groups is 1. The molecule has 0 unspecified atom stereocenters. The Kier molecular flexibility index (Phi) is 4.63. The van der Waals surface area contributed by atoms with E-state index in [0.717, 1.165) is 17.0 Å². The highest BCUT2D eigenvalue weighted by Crippen LogP contribution is 2.26. The molecule has 2 aromatic rings. The van der Waals surface area contributed by atoms with Crippen molar-refractivity contribution in [3.05, 3.63) is 63.6 Å². The zero-order valence-corrected chi connectivity index (χ0v) is 14.3. The first kappa shape index (κ1) is 17.2. The standard InChI is InChI=1S/C17H11BrF2N2O3/c18-9-1-3-11-12(7-9)17(25)22(16(11)24)6-5-15(23)21-10-2-4-13(19)14(20)8-10/h1-4,7-8H,5-6H2,(H,21,23). The van der Waals surface area contributed by atoms with Crippen LogP contribution in [0, 0.1) is 11.6 Å². The smallest absolute Gasteiger partial charge is 0.261 e. The lowest BCUT2D eigenvalue weighted by atomic mass is 10.1. The molecule has 3 amide bonds. The van der Waals surface area contributed by atoms with E-state index in [2.05, 4.69) is 21.2 Å². The van der Waals surface area contributed by atoms with Crippen LogP contribution < -0.4 is 5.32 Å². The number of amides is 3. The van der Waals surface area contributed by atoms with Crippen LogP contribution in [0.5, 0.6) is 0 Å². The van der Waals surface area contributed by atoms with Crippen molar-refractivity contribution >= 4 is 39.3 Å². The third-order valence-corrected chi connectivity index (χ3v) is 4.19. The maximum Gasteiger partial charge on any atom is 0.261 e. The predicted molar refractivity (Wildman–Crippen MR) is 89.1 cm³/mol. The molecule has 0 spiro atoms. The molecule has 1 N–H and O–H groups in total. The molecule has 5 nitrogen and oxygen atoms in total. The molecule has 0 atom stereocenters. The number of nitrogens with zero attached hydrogens (tertiary/aromatic N) is 1. The summed E-state index contributed by atoms with van der Waals surface area (Å²) in [6, 6.07) is 7.72. The lowest BCUT2D eigenvalue weighted by Gasteiger charge is -2.13. The molecule has 0 saturated heterocycles. The third kappa shape index (κ3) is 3.43. The number of hydrogen-bond acceptors (Lipinski definition) is 3. The van der Waals surface area contributed by atoms with Crippen LogP contribution in [0.25, 0.3) is 0 Å². The number of hydrogen-bond donors (Lipinski definition) is 1. The first-order valence-corrected chi connectivity index (χ1v) is 8.07. The molecule has 0 fully saturated rings. The number of fused-ring (bicyclic) bond motifs is 1. The second-order valence-electron chi connectivity index (χ2n) is 5.38. The van der Waals surface area contributed by atoms with E-state index in [0.29, 0.717) is 4.47 Å². The summed E-state index contributed by atoms with van der Waals surface area (Å²) in [5.74, 6) is -3.56. The van der Waals surface area contributed by atoms with Crippen molar-refractivity contribution in [3.63, 3.8) is 0 Å². The minimum atomic E-state index is -1.08. The number of benzene rings is 2. The van der Waals surface area contributed by atoms with Crippen molar-refractivity contribution in [1.82, 2.24) is 4.90 Å². The van der Waals surface area contributed by atoms with Crippen LogP contribution in [0.2, 0.25) is 0 Å². The van der Waals surface area contributed by atoms with Crippen LogP contribution in [-0.2, 0) is 4.79 Å². The van der Waals surface area contributed by atoms with E-state index < -0.39 is 29.4 Å². The first-order chi connectivity index (χ1) is 11.9. The fourth-order valence-corrected chi connectivity index (χ4v) is 2.84. The van der Waals surface area contributed by atoms with Gasteiger partial charge >= 0.3 is 0 Å². The van der Waals surface area contributed by atoms with Crippen molar-refractivity contribution in [2.75, 3.05) is 11.9 Å². The molecule has 25 heavy (non-hydrogen) atoms. The summed E-state index contributed by atoms with van der Waals surface area (Å²) in [6.07, 6.45) is -0.161. The Morgan fingerprint density at radius 3 is 2.44 bits per heavy atom. The quantitative estimate of drug-likeness (QED) is 0.788. The van der Waals surface area contributed by atoms with Crippen LogP contribution in [0.1, 0.15) is 27.1 Å². The van der Waals surface area contributed by atoms with Crippen LogP contribution in [0.3, 0.4) is 0 Å². The molecule has 3 rings (SSSR count). The molecule has 0 bridgehead atoms. The highest BCUT2D eigenvalue weighted by atomic mass is 79.9. The fourth-order valence-electron chi connectivity index (χ4n) is 2.48. The summed E-state index contributed by atoms with van der Waals surface area (Å²) in [7, 11) is 0. The molecular weight excluding hydrogens is 398 g/mol. The molecule has 128 valence electrons. The van der Waals surface area contributed by atoms with Crippen molar-refractivity contribution in [3.8, 4) is 0 Å². The number of nitrogens with one attached hydrogen (secondary N) is 1. The molecule has 8 heteroatoms. The Morgan fingerprint density at radius 2 is 1.72 bits per heavy atom. The van der Waals surface area contributed by atoms with E-state index in [-0.39, 0.29) is 29.8 Å². The molecule has 1 heterocycles. The number of carbonyl (C=O) groups excluding carboxylic acids is 3. The Labute approximate surface area is 149 Å². The number of anilines is 1. The van der Waals surface area contributed by atoms with Gasteiger partial charge in [0.05, 0.1) is 11.1 Å². The lowest BCUT2D eigenvalue weighted by Crippen LogP contribution is -2.32. The lowest BCUT2D eigenvalue weighted by molar-refractivity contribution is -0.116. The van der Waals surface area contributed by atoms with Crippen molar-refractivity contribution in [2.24, 2.45) is 0 Å². The molecule has 0 radical (unpaired) electrons. The van der Waals surface area contributed by atoms with E-state index in [1.165, 1.54) is 6.07 Å². The van der Waals surface area contributed by atoms with E-state index >= 15 is 0 Å². The van der Waals surface area contributed by atoms with Crippen LogP contribution >= 0.6 is 15.9 Å². The fraction of sp³-hybridized carbons (Fsp3) is 0.118. The minimum Gasteiger partial charge on any atom is -0.326 e. The maximum absolute atomic E-state index is 13.1. The molecule has 0 saturated carbocycles. The van der Waals surface area contributed by atoms with Crippen LogP contribution in [0.15, 0.2) is 40.9 Å². The minimum absolute atomic E-state index is 0.0928. The summed E-state index contributed by atoms with van der Waals surface area (Å²) in [4.78, 5) is 37.4. The van der Waals surface area contributed by atoms with Gasteiger partial charge in [-0.1, -0.05) is 15.9 Å².